The molecule has 1 saturated heterocycles. The summed E-state index contributed by atoms with van der Waals surface area (Å²) in [5, 5.41) is 0. The molecule has 1 fully saturated rings. The van der Waals surface area contributed by atoms with Gasteiger partial charge in [-0.3, -0.25) is 4.79 Å². The largest absolute Gasteiger partial charge is 0.335 e. The van der Waals surface area contributed by atoms with E-state index in [1.807, 2.05) is 0 Å². The number of nitrogens with zero attached hydrogens (tertiary/aromatic N) is 1. The number of piperidine rings is 1. The van der Waals surface area contributed by atoms with E-state index in [4.69, 9.17) is 5.73 Å². The summed E-state index contributed by atoms with van der Waals surface area (Å²) in [6.45, 7) is 6.06. The highest BCUT2D eigenvalue weighted by Crippen LogP contribution is 2.36. The lowest BCUT2D eigenvalue weighted by atomic mass is 9.85. The third-order valence-corrected chi connectivity index (χ3v) is 5.02. The quantitative estimate of drug-likeness (QED) is 0.727. The van der Waals surface area contributed by atoms with E-state index >= 15 is 0 Å². The molecule has 1 aromatic rings. The van der Waals surface area contributed by atoms with E-state index in [0.717, 1.165) is 45.2 Å². The molecule has 2 rings (SSSR count). The lowest BCUT2D eigenvalue weighted by molar-refractivity contribution is -0.136. The van der Waals surface area contributed by atoms with Gasteiger partial charge in [0, 0.05) is 13.0 Å². The summed E-state index contributed by atoms with van der Waals surface area (Å²) in [5.41, 5.74) is 8.08. The number of unbranched alkanes of at least 4 members (excludes halogenated alkanes) is 3. The van der Waals surface area contributed by atoms with E-state index in [1.165, 1.54) is 17.5 Å². The second-order valence-corrected chi connectivity index (χ2v) is 7.02. The van der Waals surface area contributed by atoms with Crippen molar-refractivity contribution < 1.29 is 4.79 Å². The zero-order valence-corrected chi connectivity index (χ0v) is 16.0. The number of hydrogen-bond acceptors (Lipinski definition) is 2. The first kappa shape index (κ1) is 21.0. The summed E-state index contributed by atoms with van der Waals surface area (Å²) in [6.07, 6.45) is 7.33. The summed E-state index contributed by atoms with van der Waals surface area (Å²) in [6, 6.07) is 8.96. The fraction of sp³-hybridized carbons (Fsp3) is 0.650. The van der Waals surface area contributed by atoms with Crippen molar-refractivity contribution in [2.24, 2.45) is 11.7 Å². The maximum absolute atomic E-state index is 12.7. The Bertz CT molecular complexity index is 489. The van der Waals surface area contributed by atoms with Crippen LogP contribution in [0.25, 0.3) is 0 Å². The molecule has 1 heterocycles. The standard InChI is InChI=1S/C20H32N2O.ClH/c1-16-10-12-18(13-11-16)20-17(2)8-7-15-22(20)19(23)9-5-3-4-6-14-21;/h10-13,17,20H,3-9,14-15,21H2,1-2H3;1H. The molecule has 0 saturated carbocycles. The molecule has 2 N–H and O–H groups in total. The Hall–Kier alpha value is -1.06. The zero-order chi connectivity index (χ0) is 16.7. The van der Waals surface area contributed by atoms with Crippen LogP contribution >= 0.6 is 12.4 Å². The minimum Gasteiger partial charge on any atom is -0.335 e. The molecular formula is C20H33ClN2O. The van der Waals surface area contributed by atoms with E-state index in [0.29, 0.717) is 18.2 Å². The number of carbonyl (C=O) groups is 1. The molecule has 1 amide bonds. The third kappa shape index (κ3) is 5.78. The molecule has 2 atom stereocenters. The van der Waals surface area contributed by atoms with Gasteiger partial charge in [0.25, 0.3) is 0 Å². The van der Waals surface area contributed by atoms with Crippen LogP contribution in [-0.2, 0) is 4.79 Å². The van der Waals surface area contributed by atoms with Crippen LogP contribution in [-0.4, -0.2) is 23.9 Å². The average Bonchev–Trinajstić information content (AvgIpc) is 2.55. The van der Waals surface area contributed by atoms with Gasteiger partial charge in [-0.1, -0.05) is 49.6 Å². The second kappa shape index (κ2) is 10.7. The second-order valence-electron chi connectivity index (χ2n) is 7.02. The third-order valence-electron chi connectivity index (χ3n) is 5.02. The van der Waals surface area contributed by atoms with Gasteiger partial charge in [-0.2, -0.15) is 0 Å². The number of aryl methyl sites for hydroxylation is 1. The summed E-state index contributed by atoms with van der Waals surface area (Å²) in [5.74, 6) is 0.863. The number of nitrogens with two attached hydrogens (primary N) is 1. The molecule has 0 aromatic heterocycles. The van der Waals surface area contributed by atoms with Crippen LogP contribution in [0.15, 0.2) is 24.3 Å². The Balaban J connectivity index is 0.00000288. The molecule has 0 spiro atoms. The molecule has 3 nitrogen and oxygen atoms in total. The first-order chi connectivity index (χ1) is 11.1. The first-order valence-corrected chi connectivity index (χ1v) is 9.19. The average molecular weight is 353 g/mol. The zero-order valence-electron chi connectivity index (χ0n) is 15.2. The Labute approximate surface area is 153 Å². The van der Waals surface area contributed by atoms with Crippen molar-refractivity contribution in [3.05, 3.63) is 35.4 Å². The van der Waals surface area contributed by atoms with Crippen molar-refractivity contribution in [3.63, 3.8) is 0 Å². The highest BCUT2D eigenvalue weighted by Gasteiger charge is 2.32. The SMILES string of the molecule is Cc1ccc(C2C(C)CCCN2C(=O)CCCCCCN)cc1.Cl. The number of carbonyl (C=O) groups excluding carboxylic acids is 1. The van der Waals surface area contributed by atoms with Crippen molar-refractivity contribution in [2.75, 3.05) is 13.1 Å². The monoisotopic (exact) mass is 352 g/mol. The molecule has 0 aliphatic carbocycles. The van der Waals surface area contributed by atoms with Crippen LogP contribution in [0.3, 0.4) is 0 Å². The van der Waals surface area contributed by atoms with Gasteiger partial charge in [0.15, 0.2) is 0 Å². The van der Waals surface area contributed by atoms with Gasteiger partial charge in [-0.15, -0.1) is 12.4 Å². The topological polar surface area (TPSA) is 46.3 Å². The summed E-state index contributed by atoms with van der Waals surface area (Å²) in [7, 11) is 0. The predicted octanol–water partition coefficient (Wildman–Crippen LogP) is 4.63. The predicted molar refractivity (Wildman–Crippen MR) is 103 cm³/mol. The van der Waals surface area contributed by atoms with Gasteiger partial charge in [-0.05, 0) is 50.6 Å². The van der Waals surface area contributed by atoms with Gasteiger partial charge < -0.3 is 10.6 Å². The molecule has 1 aromatic carbocycles. The fourth-order valence-corrected chi connectivity index (χ4v) is 3.66. The van der Waals surface area contributed by atoms with Crippen molar-refractivity contribution in [2.45, 2.75) is 64.8 Å². The van der Waals surface area contributed by atoms with Gasteiger partial charge in [0.2, 0.25) is 5.91 Å². The summed E-state index contributed by atoms with van der Waals surface area (Å²) >= 11 is 0. The Morgan fingerprint density at radius 2 is 1.83 bits per heavy atom. The number of benzene rings is 1. The Morgan fingerprint density at radius 3 is 2.50 bits per heavy atom. The van der Waals surface area contributed by atoms with Gasteiger partial charge >= 0.3 is 0 Å². The normalized spacial score (nSPS) is 20.5. The summed E-state index contributed by atoms with van der Waals surface area (Å²) in [4.78, 5) is 14.9. The Kier molecular flexibility index (Phi) is 9.38. The molecular weight excluding hydrogens is 320 g/mol. The number of hydrogen-bond donors (Lipinski definition) is 1. The van der Waals surface area contributed by atoms with Crippen LogP contribution in [0.2, 0.25) is 0 Å². The molecule has 1 aliphatic heterocycles. The first-order valence-electron chi connectivity index (χ1n) is 9.19. The molecule has 0 radical (unpaired) electrons. The number of amides is 1. The Morgan fingerprint density at radius 1 is 1.17 bits per heavy atom. The molecule has 4 heteroatoms. The van der Waals surface area contributed by atoms with Gasteiger partial charge in [0.1, 0.15) is 0 Å². The highest BCUT2D eigenvalue weighted by molar-refractivity contribution is 5.85. The lowest BCUT2D eigenvalue weighted by Crippen LogP contribution is -2.42. The molecule has 2 unspecified atom stereocenters. The van der Waals surface area contributed by atoms with Crippen molar-refractivity contribution in [3.8, 4) is 0 Å². The number of halogens is 1. The lowest BCUT2D eigenvalue weighted by Gasteiger charge is -2.40. The molecule has 1 aliphatic rings. The van der Waals surface area contributed by atoms with E-state index in [1.54, 1.807) is 0 Å². The molecule has 0 bridgehead atoms. The minimum absolute atomic E-state index is 0. The minimum atomic E-state index is 0. The summed E-state index contributed by atoms with van der Waals surface area (Å²) < 4.78 is 0. The van der Waals surface area contributed by atoms with Crippen molar-refractivity contribution in [1.82, 2.24) is 4.90 Å². The maximum atomic E-state index is 12.7. The van der Waals surface area contributed by atoms with Crippen LogP contribution < -0.4 is 5.73 Å². The van der Waals surface area contributed by atoms with E-state index in [2.05, 4.69) is 43.0 Å². The van der Waals surface area contributed by atoms with Crippen LogP contribution in [0.1, 0.15) is 69.0 Å². The molecule has 136 valence electrons. The van der Waals surface area contributed by atoms with Crippen LogP contribution in [0, 0.1) is 12.8 Å². The maximum Gasteiger partial charge on any atom is 0.223 e. The number of rotatable bonds is 7. The van der Waals surface area contributed by atoms with Gasteiger partial charge in [-0.25, -0.2) is 0 Å². The van der Waals surface area contributed by atoms with Crippen molar-refractivity contribution in [1.29, 1.82) is 0 Å². The molecule has 24 heavy (non-hydrogen) atoms. The smallest absolute Gasteiger partial charge is 0.223 e. The van der Waals surface area contributed by atoms with Crippen molar-refractivity contribution >= 4 is 18.3 Å². The van der Waals surface area contributed by atoms with Crippen LogP contribution in [0.4, 0.5) is 0 Å². The fourth-order valence-electron chi connectivity index (χ4n) is 3.66. The van der Waals surface area contributed by atoms with Crippen LogP contribution in [0.5, 0.6) is 0 Å². The van der Waals surface area contributed by atoms with E-state index < -0.39 is 0 Å². The highest BCUT2D eigenvalue weighted by atomic mass is 35.5. The van der Waals surface area contributed by atoms with Gasteiger partial charge in [0.05, 0.1) is 6.04 Å². The number of likely N-dealkylation sites (tertiary alicyclic amines) is 1. The van der Waals surface area contributed by atoms with E-state index in [-0.39, 0.29) is 18.4 Å². The van der Waals surface area contributed by atoms with E-state index in [9.17, 15) is 4.79 Å².